The van der Waals surface area contributed by atoms with Gasteiger partial charge < -0.3 is 5.32 Å². The molecule has 0 fully saturated rings. The summed E-state index contributed by atoms with van der Waals surface area (Å²) in [6.45, 7) is 0. The second-order valence-electron chi connectivity index (χ2n) is 4.73. The van der Waals surface area contributed by atoms with Gasteiger partial charge in [0.1, 0.15) is 5.82 Å². The van der Waals surface area contributed by atoms with Crippen LogP contribution in [0.4, 0.5) is 4.39 Å². The topological polar surface area (TPSA) is 29.1 Å². The van der Waals surface area contributed by atoms with Gasteiger partial charge in [-0.3, -0.25) is 4.79 Å². The summed E-state index contributed by atoms with van der Waals surface area (Å²) in [5, 5.41) is 4.93. The first kappa shape index (κ1) is 14.4. The van der Waals surface area contributed by atoms with E-state index in [0.29, 0.717) is 0 Å². The number of thiophene rings is 1. The van der Waals surface area contributed by atoms with Gasteiger partial charge in [0.2, 0.25) is 5.91 Å². The van der Waals surface area contributed by atoms with Crippen molar-refractivity contribution in [2.45, 2.75) is 17.4 Å². The fourth-order valence-electron chi connectivity index (χ4n) is 2.28. The molecular weight excluding hydrogens is 305 g/mol. The average Bonchev–Trinajstić information content (AvgIpc) is 2.99. The van der Waals surface area contributed by atoms with Gasteiger partial charge in [-0.2, -0.15) is 0 Å². The summed E-state index contributed by atoms with van der Waals surface area (Å²) in [7, 11) is 0. The number of halogens is 1. The van der Waals surface area contributed by atoms with Gasteiger partial charge in [-0.05, 0) is 47.7 Å². The normalized spacial score (nSPS) is 17.7. The molecule has 1 aliphatic heterocycles. The molecule has 1 N–H and O–H groups in total. The van der Waals surface area contributed by atoms with Gasteiger partial charge in [0.05, 0.1) is 6.04 Å². The maximum Gasteiger partial charge on any atom is 0.244 e. The Hall–Kier alpha value is -1.59. The van der Waals surface area contributed by atoms with E-state index in [1.165, 1.54) is 18.2 Å². The van der Waals surface area contributed by atoms with Crippen LogP contribution in [0.3, 0.4) is 0 Å². The molecule has 21 heavy (non-hydrogen) atoms. The standard InChI is InChI=1S/C16H14FNOS2/c17-11-3-5-15-13(10-11)14(7-9-21-15)18-16(19)6-4-12-2-1-8-20-12/h1-6,8,10,14H,7,9H2,(H,18,19)/b6-4+. The van der Waals surface area contributed by atoms with Crippen LogP contribution < -0.4 is 5.32 Å². The molecule has 0 spiro atoms. The predicted octanol–water partition coefficient (Wildman–Crippen LogP) is 4.25. The lowest BCUT2D eigenvalue weighted by atomic mass is 10.0. The van der Waals surface area contributed by atoms with Crippen molar-refractivity contribution < 1.29 is 9.18 Å². The first-order chi connectivity index (χ1) is 10.2. The summed E-state index contributed by atoms with van der Waals surface area (Å²) >= 11 is 3.29. The SMILES string of the molecule is O=C(/C=C/c1cccs1)NC1CCSc2ccc(F)cc21. The van der Waals surface area contributed by atoms with Gasteiger partial charge in [0.15, 0.2) is 0 Å². The Labute approximate surface area is 131 Å². The summed E-state index contributed by atoms with van der Waals surface area (Å²) in [5.41, 5.74) is 0.879. The molecule has 2 aromatic rings. The largest absolute Gasteiger partial charge is 0.346 e. The summed E-state index contributed by atoms with van der Waals surface area (Å²) in [5.74, 6) is 0.526. The molecule has 0 bridgehead atoms. The number of fused-ring (bicyclic) bond motifs is 1. The van der Waals surface area contributed by atoms with Gasteiger partial charge in [0, 0.05) is 21.6 Å². The summed E-state index contributed by atoms with van der Waals surface area (Å²) < 4.78 is 13.4. The predicted molar refractivity (Wildman–Crippen MR) is 86.0 cm³/mol. The third-order valence-electron chi connectivity index (χ3n) is 3.27. The fraction of sp³-hybridized carbons (Fsp3) is 0.188. The quantitative estimate of drug-likeness (QED) is 0.857. The van der Waals surface area contributed by atoms with Crippen LogP contribution >= 0.6 is 23.1 Å². The van der Waals surface area contributed by atoms with Crippen molar-refractivity contribution >= 4 is 35.1 Å². The van der Waals surface area contributed by atoms with E-state index >= 15 is 0 Å². The lowest BCUT2D eigenvalue weighted by molar-refractivity contribution is -0.117. The van der Waals surface area contributed by atoms with E-state index in [1.54, 1.807) is 35.2 Å². The number of carbonyl (C=O) groups excluding carboxylic acids is 1. The molecule has 5 heteroatoms. The number of thioether (sulfide) groups is 1. The van der Waals surface area contributed by atoms with Crippen LogP contribution in [0.2, 0.25) is 0 Å². The molecule has 1 amide bonds. The maximum atomic E-state index is 13.4. The average molecular weight is 319 g/mol. The van der Waals surface area contributed by atoms with E-state index in [0.717, 1.165) is 27.5 Å². The second-order valence-corrected chi connectivity index (χ2v) is 6.85. The van der Waals surface area contributed by atoms with Crippen molar-refractivity contribution in [3.63, 3.8) is 0 Å². The third kappa shape index (κ3) is 3.54. The molecule has 0 radical (unpaired) electrons. The van der Waals surface area contributed by atoms with Crippen molar-refractivity contribution in [2.75, 3.05) is 5.75 Å². The highest BCUT2D eigenvalue weighted by molar-refractivity contribution is 7.99. The number of rotatable bonds is 3. The van der Waals surface area contributed by atoms with Crippen LogP contribution in [-0.2, 0) is 4.79 Å². The molecule has 1 aromatic heterocycles. The number of amides is 1. The Kier molecular flexibility index (Phi) is 4.41. The zero-order chi connectivity index (χ0) is 14.7. The summed E-state index contributed by atoms with van der Waals surface area (Å²) in [4.78, 5) is 14.1. The van der Waals surface area contributed by atoms with Gasteiger partial charge in [0.25, 0.3) is 0 Å². The first-order valence-electron chi connectivity index (χ1n) is 6.67. The highest BCUT2D eigenvalue weighted by Gasteiger charge is 2.22. The molecule has 1 aliphatic rings. The fourth-order valence-corrected chi connectivity index (χ4v) is 4.00. The number of hydrogen-bond donors (Lipinski definition) is 1. The molecule has 0 saturated carbocycles. The lowest BCUT2D eigenvalue weighted by Crippen LogP contribution is -2.29. The van der Waals surface area contributed by atoms with Gasteiger partial charge in [-0.1, -0.05) is 6.07 Å². The third-order valence-corrected chi connectivity index (χ3v) is 5.23. The highest BCUT2D eigenvalue weighted by atomic mass is 32.2. The summed E-state index contributed by atoms with van der Waals surface area (Å²) in [6.07, 6.45) is 4.15. The van der Waals surface area contributed by atoms with E-state index in [2.05, 4.69) is 5.32 Å². The molecule has 3 rings (SSSR count). The first-order valence-corrected chi connectivity index (χ1v) is 8.53. The Morgan fingerprint density at radius 3 is 3.10 bits per heavy atom. The number of nitrogens with one attached hydrogen (secondary N) is 1. The minimum absolute atomic E-state index is 0.113. The smallest absolute Gasteiger partial charge is 0.244 e. The van der Waals surface area contributed by atoms with E-state index in [1.807, 2.05) is 17.5 Å². The Bertz CT molecular complexity index is 667. The Morgan fingerprint density at radius 2 is 2.29 bits per heavy atom. The molecule has 108 valence electrons. The minimum atomic E-state index is -0.260. The molecule has 0 saturated heterocycles. The second kappa shape index (κ2) is 6.45. The zero-order valence-electron chi connectivity index (χ0n) is 11.2. The van der Waals surface area contributed by atoms with Crippen molar-refractivity contribution in [3.05, 3.63) is 58.0 Å². The molecule has 1 atom stereocenters. The van der Waals surface area contributed by atoms with E-state index < -0.39 is 0 Å². The lowest BCUT2D eigenvalue weighted by Gasteiger charge is -2.25. The van der Waals surface area contributed by atoms with Crippen molar-refractivity contribution in [1.29, 1.82) is 0 Å². The number of hydrogen-bond acceptors (Lipinski definition) is 3. The van der Waals surface area contributed by atoms with Crippen LogP contribution in [0.1, 0.15) is 22.9 Å². The van der Waals surface area contributed by atoms with Gasteiger partial charge in [-0.15, -0.1) is 23.1 Å². The number of carbonyl (C=O) groups is 1. The monoisotopic (exact) mass is 319 g/mol. The van der Waals surface area contributed by atoms with E-state index in [-0.39, 0.29) is 17.8 Å². The molecule has 2 nitrogen and oxygen atoms in total. The van der Waals surface area contributed by atoms with E-state index in [9.17, 15) is 9.18 Å². The maximum absolute atomic E-state index is 13.4. The van der Waals surface area contributed by atoms with Crippen LogP contribution in [0.15, 0.2) is 46.7 Å². The van der Waals surface area contributed by atoms with Crippen molar-refractivity contribution in [2.24, 2.45) is 0 Å². The molecule has 0 aliphatic carbocycles. The van der Waals surface area contributed by atoms with Crippen LogP contribution in [-0.4, -0.2) is 11.7 Å². The Morgan fingerprint density at radius 1 is 1.38 bits per heavy atom. The van der Waals surface area contributed by atoms with Crippen LogP contribution in [0.5, 0.6) is 0 Å². The van der Waals surface area contributed by atoms with Crippen molar-refractivity contribution in [3.8, 4) is 0 Å². The molecule has 2 heterocycles. The van der Waals surface area contributed by atoms with Crippen LogP contribution in [0.25, 0.3) is 6.08 Å². The molecular formula is C16H14FNOS2. The molecule has 1 unspecified atom stereocenters. The minimum Gasteiger partial charge on any atom is -0.346 e. The highest BCUT2D eigenvalue weighted by Crippen LogP contribution is 2.36. The Balaban J connectivity index is 1.71. The molecule has 1 aromatic carbocycles. The van der Waals surface area contributed by atoms with Gasteiger partial charge >= 0.3 is 0 Å². The van der Waals surface area contributed by atoms with Crippen LogP contribution in [0, 0.1) is 5.82 Å². The van der Waals surface area contributed by atoms with Crippen molar-refractivity contribution in [1.82, 2.24) is 5.32 Å². The summed E-state index contributed by atoms with van der Waals surface area (Å²) in [6, 6.07) is 8.56. The van der Waals surface area contributed by atoms with E-state index in [4.69, 9.17) is 0 Å². The zero-order valence-corrected chi connectivity index (χ0v) is 12.8. The van der Waals surface area contributed by atoms with Gasteiger partial charge in [-0.25, -0.2) is 4.39 Å². The number of benzene rings is 1.